The van der Waals surface area contributed by atoms with E-state index in [1.165, 1.54) is 4.31 Å². The summed E-state index contributed by atoms with van der Waals surface area (Å²) in [6, 6.07) is -0.629. The summed E-state index contributed by atoms with van der Waals surface area (Å²) in [5.41, 5.74) is 0. The van der Waals surface area contributed by atoms with Crippen molar-refractivity contribution in [3.05, 3.63) is 0 Å². The molecule has 88 valence electrons. The van der Waals surface area contributed by atoms with Crippen LogP contribution in [0.15, 0.2) is 0 Å². The third-order valence-corrected chi connectivity index (χ3v) is 3.96. The van der Waals surface area contributed by atoms with E-state index in [9.17, 15) is 13.2 Å². The lowest BCUT2D eigenvalue weighted by atomic mass is 10.0. The number of hydrogen-bond donors (Lipinski definition) is 2. The van der Waals surface area contributed by atoms with Gasteiger partial charge in [-0.2, -0.15) is 4.31 Å². The van der Waals surface area contributed by atoms with Crippen LogP contribution >= 0.6 is 0 Å². The average Bonchev–Trinajstić information content (AvgIpc) is 2.05. The van der Waals surface area contributed by atoms with Gasteiger partial charge in [0, 0.05) is 25.2 Å². The molecule has 7 heteroatoms. The minimum atomic E-state index is -3.24. The highest BCUT2D eigenvalue weighted by molar-refractivity contribution is 7.88. The maximum Gasteiger partial charge on any atom is 0.304 e. The van der Waals surface area contributed by atoms with Crippen molar-refractivity contribution in [2.75, 3.05) is 19.3 Å². The van der Waals surface area contributed by atoms with Crippen molar-refractivity contribution in [1.82, 2.24) is 9.62 Å². The molecule has 0 unspecified atom stereocenters. The van der Waals surface area contributed by atoms with Crippen molar-refractivity contribution >= 4 is 16.0 Å². The number of carboxylic acids is 1. The van der Waals surface area contributed by atoms with E-state index in [4.69, 9.17) is 5.11 Å². The molecule has 0 amide bonds. The number of piperazine rings is 1. The number of hydrogen-bond acceptors (Lipinski definition) is 4. The van der Waals surface area contributed by atoms with E-state index in [0.717, 1.165) is 6.26 Å². The van der Waals surface area contributed by atoms with Crippen LogP contribution in [0.3, 0.4) is 0 Å². The van der Waals surface area contributed by atoms with Gasteiger partial charge in [-0.05, 0) is 6.92 Å². The first-order valence-corrected chi connectivity index (χ1v) is 6.59. The average molecular weight is 236 g/mol. The fraction of sp³-hybridized carbons (Fsp3) is 0.875. The monoisotopic (exact) mass is 236 g/mol. The second-order valence-electron chi connectivity index (χ2n) is 3.77. The Morgan fingerprint density at radius 2 is 2.20 bits per heavy atom. The Bertz CT molecular complexity index is 341. The second-order valence-corrected chi connectivity index (χ2v) is 5.71. The van der Waals surface area contributed by atoms with Gasteiger partial charge in [-0.25, -0.2) is 8.42 Å². The number of sulfonamides is 1. The number of carbonyl (C=O) groups is 1. The summed E-state index contributed by atoms with van der Waals surface area (Å²) in [4.78, 5) is 10.6. The maximum atomic E-state index is 11.4. The first-order chi connectivity index (χ1) is 6.82. The van der Waals surface area contributed by atoms with E-state index in [2.05, 4.69) is 5.32 Å². The van der Waals surface area contributed by atoms with Crippen LogP contribution in [0.1, 0.15) is 13.3 Å². The third kappa shape index (κ3) is 3.15. The summed E-state index contributed by atoms with van der Waals surface area (Å²) < 4.78 is 24.1. The van der Waals surface area contributed by atoms with E-state index in [1.807, 2.05) is 0 Å². The maximum absolute atomic E-state index is 11.4. The Morgan fingerprint density at radius 3 is 2.67 bits per heavy atom. The van der Waals surface area contributed by atoms with Crippen molar-refractivity contribution < 1.29 is 18.3 Å². The second kappa shape index (κ2) is 4.46. The fourth-order valence-electron chi connectivity index (χ4n) is 1.83. The van der Waals surface area contributed by atoms with Gasteiger partial charge in [0.1, 0.15) is 0 Å². The normalized spacial score (nSPS) is 28.9. The van der Waals surface area contributed by atoms with Crippen LogP contribution in [0.4, 0.5) is 0 Å². The number of nitrogens with one attached hydrogen (secondary N) is 1. The molecular formula is C8H16N2O4S. The minimum Gasteiger partial charge on any atom is -0.481 e. The van der Waals surface area contributed by atoms with Crippen LogP contribution in [-0.4, -0.2) is 55.2 Å². The van der Waals surface area contributed by atoms with Crippen LogP contribution in [0.5, 0.6) is 0 Å². The van der Waals surface area contributed by atoms with E-state index >= 15 is 0 Å². The quantitative estimate of drug-likeness (QED) is 0.662. The van der Waals surface area contributed by atoms with Crippen LogP contribution < -0.4 is 5.32 Å². The third-order valence-electron chi connectivity index (χ3n) is 2.60. The van der Waals surface area contributed by atoms with Crippen molar-refractivity contribution in [3.8, 4) is 0 Å². The zero-order valence-corrected chi connectivity index (χ0v) is 9.62. The largest absolute Gasteiger partial charge is 0.481 e. The number of rotatable bonds is 3. The molecule has 1 heterocycles. The molecule has 1 aliphatic heterocycles. The van der Waals surface area contributed by atoms with Gasteiger partial charge < -0.3 is 10.4 Å². The predicted molar refractivity (Wildman–Crippen MR) is 55.1 cm³/mol. The van der Waals surface area contributed by atoms with E-state index in [0.29, 0.717) is 13.1 Å². The molecule has 0 saturated carbocycles. The molecule has 0 aromatic carbocycles. The molecule has 0 radical (unpaired) electrons. The minimum absolute atomic E-state index is 0.0623. The molecule has 15 heavy (non-hydrogen) atoms. The topological polar surface area (TPSA) is 86.7 Å². The summed E-state index contributed by atoms with van der Waals surface area (Å²) >= 11 is 0. The van der Waals surface area contributed by atoms with Crippen LogP contribution in [0.2, 0.25) is 0 Å². The van der Waals surface area contributed by atoms with E-state index in [-0.39, 0.29) is 18.5 Å². The molecule has 1 aliphatic rings. The Balaban J connectivity index is 2.75. The molecule has 0 spiro atoms. The summed E-state index contributed by atoms with van der Waals surface area (Å²) in [6.45, 7) is 2.62. The van der Waals surface area contributed by atoms with Crippen molar-refractivity contribution in [3.63, 3.8) is 0 Å². The highest BCUT2D eigenvalue weighted by Gasteiger charge is 2.33. The summed E-state index contributed by atoms with van der Waals surface area (Å²) in [7, 11) is -3.24. The molecule has 1 fully saturated rings. The van der Waals surface area contributed by atoms with Gasteiger partial charge in [-0.1, -0.05) is 0 Å². The Morgan fingerprint density at radius 1 is 1.60 bits per heavy atom. The van der Waals surface area contributed by atoms with Crippen LogP contribution in [-0.2, 0) is 14.8 Å². The molecular weight excluding hydrogens is 220 g/mol. The van der Waals surface area contributed by atoms with Crippen molar-refractivity contribution in [2.45, 2.75) is 25.4 Å². The van der Waals surface area contributed by atoms with Crippen LogP contribution in [0.25, 0.3) is 0 Å². The van der Waals surface area contributed by atoms with E-state index < -0.39 is 16.0 Å². The Hall–Kier alpha value is -0.660. The van der Waals surface area contributed by atoms with Gasteiger partial charge in [-0.15, -0.1) is 0 Å². The number of aliphatic carboxylic acids is 1. The SMILES string of the molecule is C[C@H]1[C@H](CC(=O)O)NCCN1S(C)(=O)=O. The Kier molecular flexibility index (Phi) is 3.69. The standard InChI is InChI=1S/C8H16N2O4S/c1-6-7(5-8(11)12)9-3-4-10(6)15(2,13)14/h6-7,9H,3-5H2,1-2H3,(H,11,12)/t6-,7-/m0/s1. The van der Waals surface area contributed by atoms with Gasteiger partial charge in [0.25, 0.3) is 0 Å². The van der Waals surface area contributed by atoms with Gasteiger partial charge in [-0.3, -0.25) is 4.79 Å². The van der Waals surface area contributed by atoms with E-state index in [1.54, 1.807) is 6.92 Å². The molecule has 6 nitrogen and oxygen atoms in total. The summed E-state index contributed by atoms with van der Waals surface area (Å²) in [6.07, 6.45) is 1.08. The molecule has 0 aromatic heterocycles. The highest BCUT2D eigenvalue weighted by atomic mass is 32.2. The molecule has 0 bridgehead atoms. The lowest BCUT2D eigenvalue weighted by Gasteiger charge is -2.37. The zero-order chi connectivity index (χ0) is 11.6. The van der Waals surface area contributed by atoms with Crippen LogP contribution in [0, 0.1) is 0 Å². The zero-order valence-electron chi connectivity index (χ0n) is 8.80. The molecule has 0 aliphatic carbocycles. The summed E-state index contributed by atoms with van der Waals surface area (Å²) in [5.74, 6) is -0.922. The number of carboxylic acid groups (broad SMARTS) is 1. The van der Waals surface area contributed by atoms with Gasteiger partial charge >= 0.3 is 5.97 Å². The predicted octanol–water partition coefficient (Wildman–Crippen LogP) is -0.917. The van der Waals surface area contributed by atoms with Gasteiger partial charge in [0.05, 0.1) is 12.7 Å². The van der Waals surface area contributed by atoms with Gasteiger partial charge in [0.15, 0.2) is 0 Å². The molecule has 1 rings (SSSR count). The fourth-order valence-corrected chi connectivity index (χ4v) is 3.01. The van der Waals surface area contributed by atoms with Crippen molar-refractivity contribution in [2.24, 2.45) is 0 Å². The first kappa shape index (κ1) is 12.4. The van der Waals surface area contributed by atoms with Gasteiger partial charge in [0.2, 0.25) is 10.0 Å². The first-order valence-electron chi connectivity index (χ1n) is 4.74. The lowest BCUT2D eigenvalue weighted by molar-refractivity contribution is -0.138. The number of nitrogens with zero attached hydrogens (tertiary/aromatic N) is 1. The van der Waals surface area contributed by atoms with Crippen molar-refractivity contribution in [1.29, 1.82) is 0 Å². The molecule has 2 atom stereocenters. The Labute approximate surface area is 89.3 Å². The summed E-state index contributed by atoms with van der Waals surface area (Å²) in [5, 5.41) is 11.7. The molecule has 0 aromatic rings. The highest BCUT2D eigenvalue weighted by Crippen LogP contribution is 2.15. The smallest absolute Gasteiger partial charge is 0.304 e. The lowest BCUT2D eigenvalue weighted by Crippen LogP contribution is -2.58. The molecule has 2 N–H and O–H groups in total. The molecule has 1 saturated heterocycles.